The van der Waals surface area contributed by atoms with Gasteiger partial charge in [0.15, 0.2) is 11.6 Å². The Morgan fingerprint density at radius 1 is 1.26 bits per heavy atom. The average molecular weight is 267 g/mol. The van der Waals surface area contributed by atoms with E-state index in [1.54, 1.807) is 6.92 Å². The minimum absolute atomic E-state index is 0.192. The molecule has 1 rings (SSSR count). The van der Waals surface area contributed by atoms with Crippen LogP contribution in [0.4, 0.5) is 8.78 Å². The molecule has 0 heterocycles. The van der Waals surface area contributed by atoms with Crippen molar-refractivity contribution >= 4 is 11.9 Å². The largest absolute Gasteiger partial charge is 0.478 e. The molecule has 0 atom stereocenters. The van der Waals surface area contributed by atoms with Crippen molar-refractivity contribution in [3.8, 4) is 11.8 Å². The van der Waals surface area contributed by atoms with Crippen molar-refractivity contribution in [2.45, 2.75) is 13.3 Å². The summed E-state index contributed by atoms with van der Waals surface area (Å²) in [5, 5.41) is 11.2. The van der Waals surface area contributed by atoms with Gasteiger partial charge in [-0.05, 0) is 19.1 Å². The zero-order valence-corrected chi connectivity index (χ0v) is 10.1. The normalized spacial score (nSPS) is 9.42. The zero-order valence-electron chi connectivity index (χ0n) is 10.1. The number of benzene rings is 1. The SMILES string of the molecule is CC#CCCNC(=O)c1cc(F)c(F)cc1C(=O)O. The molecule has 0 saturated heterocycles. The van der Waals surface area contributed by atoms with Crippen molar-refractivity contribution in [3.63, 3.8) is 0 Å². The van der Waals surface area contributed by atoms with Crippen LogP contribution >= 0.6 is 0 Å². The summed E-state index contributed by atoms with van der Waals surface area (Å²) in [6.07, 6.45) is 0.383. The van der Waals surface area contributed by atoms with E-state index in [0.717, 1.165) is 0 Å². The molecule has 0 fully saturated rings. The highest BCUT2D eigenvalue weighted by Gasteiger charge is 2.20. The van der Waals surface area contributed by atoms with Gasteiger partial charge in [-0.15, -0.1) is 11.8 Å². The molecule has 4 nitrogen and oxygen atoms in total. The maximum Gasteiger partial charge on any atom is 0.336 e. The fourth-order valence-corrected chi connectivity index (χ4v) is 1.37. The van der Waals surface area contributed by atoms with E-state index in [0.29, 0.717) is 18.6 Å². The highest BCUT2D eigenvalue weighted by atomic mass is 19.2. The van der Waals surface area contributed by atoms with Gasteiger partial charge in [0.1, 0.15) is 0 Å². The third-order valence-electron chi connectivity index (χ3n) is 2.25. The number of carboxylic acid groups (broad SMARTS) is 1. The summed E-state index contributed by atoms with van der Waals surface area (Å²) in [5.41, 5.74) is -1.01. The van der Waals surface area contributed by atoms with E-state index < -0.39 is 34.6 Å². The predicted molar refractivity (Wildman–Crippen MR) is 63.7 cm³/mol. The highest BCUT2D eigenvalue weighted by Crippen LogP contribution is 2.15. The van der Waals surface area contributed by atoms with Crippen molar-refractivity contribution < 1.29 is 23.5 Å². The van der Waals surface area contributed by atoms with Crippen LogP contribution in [0, 0.1) is 23.5 Å². The second-order valence-electron chi connectivity index (χ2n) is 3.55. The van der Waals surface area contributed by atoms with Crippen LogP contribution in [-0.4, -0.2) is 23.5 Å². The smallest absolute Gasteiger partial charge is 0.336 e. The van der Waals surface area contributed by atoms with E-state index >= 15 is 0 Å². The predicted octanol–water partition coefficient (Wildman–Crippen LogP) is 1.81. The summed E-state index contributed by atoms with van der Waals surface area (Å²) in [6, 6.07) is 1.05. The lowest BCUT2D eigenvalue weighted by molar-refractivity contribution is 0.0690. The summed E-state index contributed by atoms with van der Waals surface area (Å²) in [7, 11) is 0. The minimum atomic E-state index is -1.50. The van der Waals surface area contributed by atoms with Crippen molar-refractivity contribution in [1.29, 1.82) is 0 Å². The number of hydrogen-bond acceptors (Lipinski definition) is 2. The Kier molecular flexibility index (Phi) is 5.01. The first kappa shape index (κ1) is 14.6. The van der Waals surface area contributed by atoms with Gasteiger partial charge in [0.05, 0.1) is 11.1 Å². The molecule has 0 aromatic heterocycles. The van der Waals surface area contributed by atoms with Crippen LogP contribution in [0.5, 0.6) is 0 Å². The van der Waals surface area contributed by atoms with Crippen LogP contribution in [0.15, 0.2) is 12.1 Å². The zero-order chi connectivity index (χ0) is 14.4. The molecular formula is C13H11F2NO3. The third kappa shape index (κ3) is 3.78. The number of rotatable bonds is 4. The van der Waals surface area contributed by atoms with Crippen molar-refractivity contribution in [1.82, 2.24) is 5.32 Å². The Bertz CT molecular complexity index is 573. The lowest BCUT2D eigenvalue weighted by Gasteiger charge is -2.07. The molecule has 0 spiro atoms. The van der Waals surface area contributed by atoms with Gasteiger partial charge in [0.2, 0.25) is 0 Å². The fourth-order valence-electron chi connectivity index (χ4n) is 1.37. The minimum Gasteiger partial charge on any atom is -0.478 e. The van der Waals surface area contributed by atoms with Gasteiger partial charge < -0.3 is 10.4 Å². The molecule has 0 radical (unpaired) electrons. The monoisotopic (exact) mass is 267 g/mol. The van der Waals surface area contributed by atoms with Crippen molar-refractivity contribution in [2.75, 3.05) is 6.54 Å². The summed E-state index contributed by atoms with van der Waals surface area (Å²) in [5.74, 6) is 0.446. The van der Waals surface area contributed by atoms with E-state index in [-0.39, 0.29) is 6.54 Å². The number of halogens is 2. The molecule has 0 aliphatic rings. The van der Waals surface area contributed by atoms with Gasteiger partial charge in [-0.3, -0.25) is 4.79 Å². The maximum atomic E-state index is 13.1. The van der Waals surface area contributed by atoms with Crippen LogP contribution in [-0.2, 0) is 0 Å². The van der Waals surface area contributed by atoms with Gasteiger partial charge in [0, 0.05) is 13.0 Å². The molecule has 2 N–H and O–H groups in total. The molecule has 1 aromatic carbocycles. The van der Waals surface area contributed by atoms with E-state index in [9.17, 15) is 18.4 Å². The highest BCUT2D eigenvalue weighted by molar-refractivity contribution is 6.04. The van der Waals surface area contributed by atoms with Crippen LogP contribution in [0.3, 0.4) is 0 Å². The number of carbonyl (C=O) groups is 2. The number of carbonyl (C=O) groups excluding carboxylic acids is 1. The second-order valence-corrected chi connectivity index (χ2v) is 3.55. The Morgan fingerprint density at radius 3 is 2.37 bits per heavy atom. The first-order valence-electron chi connectivity index (χ1n) is 5.37. The first-order chi connectivity index (χ1) is 8.97. The van der Waals surface area contributed by atoms with Crippen LogP contribution in [0.1, 0.15) is 34.1 Å². The maximum absolute atomic E-state index is 13.1. The lowest BCUT2D eigenvalue weighted by atomic mass is 10.1. The van der Waals surface area contributed by atoms with E-state index in [1.807, 2.05) is 0 Å². The molecule has 1 aromatic rings. The molecule has 1 amide bonds. The molecule has 0 aliphatic carbocycles. The number of amides is 1. The molecule has 0 unspecified atom stereocenters. The first-order valence-corrected chi connectivity index (χ1v) is 5.37. The van der Waals surface area contributed by atoms with Crippen molar-refractivity contribution in [2.24, 2.45) is 0 Å². The summed E-state index contributed by atoms with van der Waals surface area (Å²) < 4.78 is 26.0. The Hall–Kier alpha value is -2.42. The quantitative estimate of drug-likeness (QED) is 0.645. The summed E-state index contributed by atoms with van der Waals surface area (Å²) in [6.45, 7) is 1.83. The average Bonchev–Trinajstić information content (AvgIpc) is 2.36. The molecule has 0 bridgehead atoms. The molecule has 19 heavy (non-hydrogen) atoms. The van der Waals surface area contributed by atoms with Gasteiger partial charge in [-0.25, -0.2) is 13.6 Å². The van der Waals surface area contributed by atoms with E-state index in [1.165, 1.54) is 0 Å². The summed E-state index contributed by atoms with van der Waals surface area (Å²) in [4.78, 5) is 22.6. The van der Waals surface area contributed by atoms with Crippen LogP contribution in [0.25, 0.3) is 0 Å². The number of nitrogens with one attached hydrogen (secondary N) is 1. The Balaban J connectivity index is 2.97. The molecule has 0 aliphatic heterocycles. The summed E-state index contributed by atoms with van der Waals surface area (Å²) >= 11 is 0. The van der Waals surface area contributed by atoms with Crippen molar-refractivity contribution in [3.05, 3.63) is 34.9 Å². The van der Waals surface area contributed by atoms with Crippen LogP contribution < -0.4 is 5.32 Å². The van der Waals surface area contributed by atoms with Gasteiger partial charge in [-0.1, -0.05) is 0 Å². The second kappa shape index (κ2) is 6.50. The molecule has 6 heteroatoms. The fraction of sp³-hybridized carbons (Fsp3) is 0.231. The van der Waals surface area contributed by atoms with Gasteiger partial charge >= 0.3 is 5.97 Å². The number of aromatic carboxylic acids is 1. The Labute approximate surface area is 108 Å². The molecular weight excluding hydrogens is 256 g/mol. The topological polar surface area (TPSA) is 66.4 Å². The third-order valence-corrected chi connectivity index (χ3v) is 2.25. The lowest BCUT2D eigenvalue weighted by Crippen LogP contribution is -2.26. The standard InChI is InChI=1S/C13H11F2NO3/c1-2-3-4-5-16-12(17)8-6-10(14)11(15)7-9(8)13(18)19/h6-7H,4-5H2,1H3,(H,16,17)(H,18,19). The molecule has 0 saturated carbocycles. The van der Waals surface area contributed by atoms with E-state index in [4.69, 9.17) is 5.11 Å². The number of carboxylic acids is 1. The molecule has 100 valence electrons. The van der Waals surface area contributed by atoms with Crippen LogP contribution in [0.2, 0.25) is 0 Å². The van der Waals surface area contributed by atoms with E-state index in [2.05, 4.69) is 17.2 Å². The van der Waals surface area contributed by atoms with Gasteiger partial charge in [0.25, 0.3) is 5.91 Å². The van der Waals surface area contributed by atoms with Gasteiger partial charge in [-0.2, -0.15) is 0 Å². The number of hydrogen-bond donors (Lipinski definition) is 2. The Morgan fingerprint density at radius 2 is 1.84 bits per heavy atom.